The highest BCUT2D eigenvalue weighted by atomic mass is 16.3. The maximum atomic E-state index is 8.89. The molecule has 0 radical (unpaired) electrons. The Kier molecular flexibility index (Phi) is 1.40. The smallest absolute Gasteiger partial charge is 0.0979 e. The maximum Gasteiger partial charge on any atom is 0.0979 e. The molecule has 2 rings (SSSR count). The molecule has 2 aliphatic rings. The van der Waals surface area contributed by atoms with Crippen LogP contribution in [0.15, 0.2) is 35.1 Å². The van der Waals surface area contributed by atoms with E-state index in [0.717, 1.165) is 16.7 Å². The molecule has 2 nitrogen and oxygen atoms in total. The van der Waals surface area contributed by atoms with Crippen molar-refractivity contribution >= 4 is 0 Å². The van der Waals surface area contributed by atoms with Gasteiger partial charge in [0.1, 0.15) is 0 Å². The minimum Gasteiger partial charge on any atom is -0.472 e. The van der Waals surface area contributed by atoms with E-state index in [2.05, 4.69) is 0 Å². The first-order valence-corrected chi connectivity index (χ1v) is 3.46. The molecule has 1 aliphatic carbocycles. The van der Waals surface area contributed by atoms with Crippen LogP contribution < -0.4 is 0 Å². The van der Waals surface area contributed by atoms with Gasteiger partial charge in [0.15, 0.2) is 0 Å². The van der Waals surface area contributed by atoms with Crippen LogP contribution in [0.1, 0.15) is 5.56 Å². The molecule has 0 aromatic rings. The van der Waals surface area contributed by atoms with Crippen molar-refractivity contribution in [3.05, 3.63) is 36.3 Å². The summed E-state index contributed by atoms with van der Waals surface area (Å²) in [4.78, 5) is 0. The fourth-order valence-electron chi connectivity index (χ4n) is 1.22. The van der Waals surface area contributed by atoms with Crippen molar-refractivity contribution in [2.75, 3.05) is 0 Å². The quantitative estimate of drug-likeness (QED) is 0.669. The average molecular weight is 148 g/mol. The SMILES string of the molecule is OCc1ccc2coccc1-2. The third kappa shape index (κ3) is 0.917. The first-order chi connectivity index (χ1) is 5.42. The summed E-state index contributed by atoms with van der Waals surface area (Å²) < 4.78 is 4.97. The van der Waals surface area contributed by atoms with Crippen LogP contribution in [0.3, 0.4) is 0 Å². The number of hydrogen-bond acceptors (Lipinski definition) is 2. The second kappa shape index (κ2) is 2.40. The zero-order valence-electron chi connectivity index (χ0n) is 5.95. The van der Waals surface area contributed by atoms with Gasteiger partial charge >= 0.3 is 0 Å². The molecular weight excluding hydrogens is 140 g/mol. The summed E-state index contributed by atoms with van der Waals surface area (Å²) in [5.74, 6) is 0. The van der Waals surface area contributed by atoms with E-state index in [4.69, 9.17) is 9.52 Å². The number of rotatable bonds is 1. The van der Waals surface area contributed by atoms with E-state index >= 15 is 0 Å². The van der Waals surface area contributed by atoms with Crippen molar-refractivity contribution in [3.63, 3.8) is 0 Å². The monoisotopic (exact) mass is 148 g/mol. The van der Waals surface area contributed by atoms with Crippen molar-refractivity contribution in [2.24, 2.45) is 0 Å². The highest BCUT2D eigenvalue weighted by molar-refractivity contribution is 5.69. The molecule has 0 saturated heterocycles. The molecule has 0 aromatic carbocycles. The Hall–Kier alpha value is -1.28. The molecular formula is C9H8O2. The van der Waals surface area contributed by atoms with Gasteiger partial charge in [-0.15, -0.1) is 0 Å². The van der Waals surface area contributed by atoms with E-state index < -0.39 is 0 Å². The molecule has 0 atom stereocenters. The molecule has 0 saturated carbocycles. The van der Waals surface area contributed by atoms with Gasteiger partial charge in [0, 0.05) is 5.56 Å². The van der Waals surface area contributed by atoms with Gasteiger partial charge in [0.05, 0.1) is 19.1 Å². The van der Waals surface area contributed by atoms with Crippen LogP contribution in [0.4, 0.5) is 0 Å². The van der Waals surface area contributed by atoms with Gasteiger partial charge in [-0.2, -0.15) is 0 Å². The second-order valence-electron chi connectivity index (χ2n) is 2.44. The summed E-state index contributed by atoms with van der Waals surface area (Å²) in [7, 11) is 0. The largest absolute Gasteiger partial charge is 0.472 e. The Morgan fingerprint density at radius 3 is 3.00 bits per heavy atom. The molecule has 0 amide bonds. The van der Waals surface area contributed by atoms with Crippen molar-refractivity contribution in [1.82, 2.24) is 0 Å². The first-order valence-electron chi connectivity index (χ1n) is 3.46. The number of hydrogen-bond donors (Lipinski definition) is 1. The fraction of sp³-hybridized carbons (Fsp3) is 0.111. The van der Waals surface area contributed by atoms with Gasteiger partial charge in [-0.3, -0.25) is 0 Å². The summed E-state index contributed by atoms with van der Waals surface area (Å²) in [5.41, 5.74) is 3.06. The van der Waals surface area contributed by atoms with Gasteiger partial charge in [0.2, 0.25) is 0 Å². The van der Waals surface area contributed by atoms with Crippen LogP contribution in [0.2, 0.25) is 0 Å². The van der Waals surface area contributed by atoms with E-state index in [1.54, 1.807) is 12.5 Å². The van der Waals surface area contributed by atoms with E-state index in [0.29, 0.717) is 0 Å². The Labute approximate surface area is 64.4 Å². The van der Waals surface area contributed by atoms with Gasteiger partial charge in [-0.25, -0.2) is 0 Å². The number of aliphatic hydroxyl groups excluding tert-OH is 1. The summed E-state index contributed by atoms with van der Waals surface area (Å²) in [6.45, 7) is 0.0908. The molecule has 0 aromatic heterocycles. The Bertz CT molecular complexity index is 324. The normalized spacial score (nSPS) is 10.6. The van der Waals surface area contributed by atoms with Crippen molar-refractivity contribution < 1.29 is 9.52 Å². The van der Waals surface area contributed by atoms with Crippen LogP contribution in [-0.4, -0.2) is 5.11 Å². The predicted octanol–water partition coefficient (Wildman–Crippen LogP) is 1.88. The Balaban J connectivity index is 2.64. The lowest BCUT2D eigenvalue weighted by Gasteiger charge is -1.98. The lowest BCUT2D eigenvalue weighted by molar-refractivity contribution is 0.282. The maximum absolute atomic E-state index is 8.89. The topological polar surface area (TPSA) is 33.4 Å². The molecule has 0 bridgehead atoms. The van der Waals surface area contributed by atoms with Crippen LogP contribution in [0.25, 0.3) is 11.1 Å². The molecule has 1 N–H and O–H groups in total. The van der Waals surface area contributed by atoms with E-state index in [9.17, 15) is 0 Å². The summed E-state index contributed by atoms with van der Waals surface area (Å²) in [6, 6.07) is 5.70. The Morgan fingerprint density at radius 2 is 2.18 bits per heavy atom. The van der Waals surface area contributed by atoms with E-state index in [-0.39, 0.29) is 6.61 Å². The van der Waals surface area contributed by atoms with Crippen LogP contribution >= 0.6 is 0 Å². The number of aliphatic hydroxyl groups is 1. The minimum atomic E-state index is 0.0908. The Morgan fingerprint density at radius 1 is 1.27 bits per heavy atom. The van der Waals surface area contributed by atoms with Crippen LogP contribution in [0, 0.1) is 0 Å². The zero-order valence-corrected chi connectivity index (χ0v) is 5.95. The lowest BCUT2D eigenvalue weighted by atomic mass is 10.1. The minimum absolute atomic E-state index is 0.0908. The van der Waals surface area contributed by atoms with Gasteiger partial charge in [-0.1, -0.05) is 12.1 Å². The number of fused-ring (bicyclic) bond motifs is 1. The third-order valence-electron chi connectivity index (χ3n) is 1.80. The molecule has 0 unspecified atom stereocenters. The lowest BCUT2D eigenvalue weighted by Crippen LogP contribution is -1.81. The van der Waals surface area contributed by atoms with Crippen molar-refractivity contribution in [1.29, 1.82) is 0 Å². The van der Waals surface area contributed by atoms with Crippen LogP contribution in [0.5, 0.6) is 0 Å². The fourth-order valence-corrected chi connectivity index (χ4v) is 1.22. The van der Waals surface area contributed by atoms with Crippen molar-refractivity contribution in [2.45, 2.75) is 6.61 Å². The second-order valence-corrected chi connectivity index (χ2v) is 2.44. The summed E-state index contributed by atoms with van der Waals surface area (Å²) in [6.07, 6.45) is 3.29. The standard InChI is InChI=1S/C9H8O2/c10-5-7-1-2-8-6-11-4-3-9(7)8/h1-4,6,10H,5H2. The molecule has 1 aliphatic heterocycles. The van der Waals surface area contributed by atoms with E-state index in [1.165, 1.54) is 0 Å². The zero-order chi connectivity index (χ0) is 7.68. The molecule has 1 heterocycles. The molecule has 0 fully saturated rings. The highest BCUT2D eigenvalue weighted by Gasteiger charge is 2.06. The first kappa shape index (κ1) is 6.43. The third-order valence-corrected chi connectivity index (χ3v) is 1.80. The molecule has 0 spiro atoms. The van der Waals surface area contributed by atoms with Gasteiger partial charge in [0.25, 0.3) is 0 Å². The summed E-state index contributed by atoms with van der Waals surface area (Å²) in [5, 5.41) is 8.89. The van der Waals surface area contributed by atoms with Gasteiger partial charge < -0.3 is 9.52 Å². The molecule has 11 heavy (non-hydrogen) atoms. The highest BCUT2D eigenvalue weighted by Crippen LogP contribution is 2.26. The van der Waals surface area contributed by atoms with E-state index in [1.807, 2.05) is 18.2 Å². The summed E-state index contributed by atoms with van der Waals surface area (Å²) >= 11 is 0. The van der Waals surface area contributed by atoms with Crippen LogP contribution in [-0.2, 0) is 6.61 Å². The molecule has 56 valence electrons. The molecule has 2 heteroatoms. The average Bonchev–Trinajstić information content (AvgIpc) is 2.47. The predicted molar refractivity (Wildman–Crippen MR) is 41.3 cm³/mol. The van der Waals surface area contributed by atoms with Gasteiger partial charge in [-0.05, 0) is 17.2 Å². The van der Waals surface area contributed by atoms with Crippen molar-refractivity contribution in [3.8, 4) is 11.1 Å².